The maximum Gasteiger partial charge on any atom is 0.573 e. The Hall–Kier alpha value is -1.23. The van der Waals surface area contributed by atoms with Crippen molar-refractivity contribution in [2.45, 2.75) is 39.2 Å². The molecule has 1 aromatic carbocycles. The third kappa shape index (κ3) is 5.40. The minimum absolute atomic E-state index is 0.179. The zero-order valence-corrected chi connectivity index (χ0v) is 10.4. The molecule has 5 heteroatoms. The average molecular weight is 262 g/mol. The summed E-state index contributed by atoms with van der Waals surface area (Å²) in [5, 5.41) is 9.62. The fraction of sp³-hybridized carbons (Fsp3) is 0.538. The first kappa shape index (κ1) is 14.8. The van der Waals surface area contributed by atoms with Crippen molar-refractivity contribution in [3.05, 3.63) is 29.8 Å². The van der Waals surface area contributed by atoms with Crippen molar-refractivity contribution in [2.75, 3.05) is 0 Å². The highest BCUT2D eigenvalue weighted by atomic mass is 19.4. The van der Waals surface area contributed by atoms with Crippen LogP contribution in [0.25, 0.3) is 0 Å². The molecule has 0 aliphatic heterocycles. The van der Waals surface area contributed by atoms with E-state index in [4.69, 9.17) is 0 Å². The number of rotatable bonds is 5. The molecule has 1 unspecified atom stereocenters. The summed E-state index contributed by atoms with van der Waals surface area (Å²) in [5.74, 6) is -0.0477. The first-order chi connectivity index (χ1) is 8.28. The van der Waals surface area contributed by atoms with Gasteiger partial charge in [0.1, 0.15) is 5.75 Å². The van der Waals surface area contributed by atoms with Gasteiger partial charge in [-0.05, 0) is 36.5 Å². The second kappa shape index (κ2) is 6.09. The summed E-state index contributed by atoms with van der Waals surface area (Å²) < 4.78 is 39.6. The molecule has 1 N–H and O–H groups in total. The van der Waals surface area contributed by atoms with Gasteiger partial charge in [-0.1, -0.05) is 26.0 Å². The van der Waals surface area contributed by atoms with Crippen molar-refractivity contribution in [1.82, 2.24) is 0 Å². The number of hydrogen-bond donors (Lipinski definition) is 1. The van der Waals surface area contributed by atoms with Crippen LogP contribution < -0.4 is 4.74 Å². The molecule has 18 heavy (non-hydrogen) atoms. The van der Waals surface area contributed by atoms with Crippen LogP contribution in [0.4, 0.5) is 13.2 Å². The topological polar surface area (TPSA) is 29.5 Å². The van der Waals surface area contributed by atoms with Crippen molar-refractivity contribution in [3.8, 4) is 5.75 Å². The molecule has 0 saturated heterocycles. The van der Waals surface area contributed by atoms with Gasteiger partial charge in [0.25, 0.3) is 0 Å². The van der Waals surface area contributed by atoms with Crippen LogP contribution in [-0.2, 0) is 6.42 Å². The summed E-state index contributed by atoms with van der Waals surface area (Å²) in [6.45, 7) is 3.84. The summed E-state index contributed by atoms with van der Waals surface area (Å²) in [5.41, 5.74) is 0.879. The van der Waals surface area contributed by atoms with E-state index in [-0.39, 0.29) is 11.7 Å². The maximum atomic E-state index is 11.9. The Balaban J connectivity index is 2.50. The molecule has 0 fully saturated rings. The molecule has 0 spiro atoms. The Morgan fingerprint density at radius 2 is 1.72 bits per heavy atom. The molecule has 2 nitrogen and oxygen atoms in total. The van der Waals surface area contributed by atoms with Crippen LogP contribution in [0, 0.1) is 5.92 Å². The molecule has 1 atom stereocenters. The first-order valence-corrected chi connectivity index (χ1v) is 5.80. The van der Waals surface area contributed by atoms with Crippen LogP contribution in [0.3, 0.4) is 0 Å². The highest BCUT2D eigenvalue weighted by Crippen LogP contribution is 2.23. The van der Waals surface area contributed by atoms with Crippen LogP contribution >= 0.6 is 0 Å². The van der Waals surface area contributed by atoms with E-state index in [2.05, 4.69) is 4.74 Å². The molecule has 0 aliphatic rings. The molecule has 0 heterocycles. The quantitative estimate of drug-likeness (QED) is 0.879. The standard InChI is InChI=1S/C13H17F3O2/c1-9(2)12(17)8-5-10-3-6-11(7-4-10)18-13(14,15)16/h3-4,6-7,9,12,17H,5,8H2,1-2H3. The maximum absolute atomic E-state index is 11.9. The zero-order valence-electron chi connectivity index (χ0n) is 10.4. The molecule has 102 valence electrons. The Bertz CT molecular complexity index is 357. The van der Waals surface area contributed by atoms with Gasteiger partial charge in [-0.2, -0.15) is 0 Å². The average Bonchev–Trinajstić information content (AvgIpc) is 2.25. The van der Waals surface area contributed by atoms with Gasteiger partial charge in [0.15, 0.2) is 0 Å². The van der Waals surface area contributed by atoms with E-state index < -0.39 is 12.5 Å². The monoisotopic (exact) mass is 262 g/mol. The van der Waals surface area contributed by atoms with Gasteiger partial charge in [0.05, 0.1) is 6.10 Å². The van der Waals surface area contributed by atoms with Crippen molar-refractivity contribution in [1.29, 1.82) is 0 Å². The predicted molar refractivity (Wildman–Crippen MR) is 62.3 cm³/mol. The number of aliphatic hydroxyl groups excluding tert-OH is 1. The third-order valence-corrected chi connectivity index (χ3v) is 2.66. The minimum atomic E-state index is -4.66. The van der Waals surface area contributed by atoms with Crippen molar-refractivity contribution in [3.63, 3.8) is 0 Å². The number of hydrogen-bond acceptors (Lipinski definition) is 2. The lowest BCUT2D eigenvalue weighted by Gasteiger charge is -2.14. The zero-order chi connectivity index (χ0) is 13.8. The molecule has 1 rings (SSSR count). The number of ether oxygens (including phenoxy) is 1. The highest BCUT2D eigenvalue weighted by Gasteiger charge is 2.30. The predicted octanol–water partition coefficient (Wildman–Crippen LogP) is 3.53. The first-order valence-electron chi connectivity index (χ1n) is 5.80. The van der Waals surface area contributed by atoms with Gasteiger partial charge in [-0.25, -0.2) is 0 Å². The molecular formula is C13H17F3O2. The Kier molecular flexibility index (Phi) is 5.02. The lowest BCUT2D eigenvalue weighted by atomic mass is 9.99. The van der Waals surface area contributed by atoms with Crippen LogP contribution in [0.1, 0.15) is 25.8 Å². The Morgan fingerprint density at radius 1 is 1.17 bits per heavy atom. The third-order valence-electron chi connectivity index (χ3n) is 2.66. The SMILES string of the molecule is CC(C)C(O)CCc1ccc(OC(F)(F)F)cc1. The van der Waals surface area contributed by atoms with Crippen molar-refractivity contribution < 1.29 is 23.0 Å². The van der Waals surface area contributed by atoms with Gasteiger partial charge >= 0.3 is 6.36 Å². The normalized spacial score (nSPS) is 13.7. The number of aliphatic hydroxyl groups is 1. The lowest BCUT2D eigenvalue weighted by Crippen LogP contribution is -2.17. The van der Waals surface area contributed by atoms with Gasteiger partial charge in [-0.15, -0.1) is 13.2 Å². The Labute approximate surface area is 104 Å². The summed E-state index contributed by atoms with van der Waals surface area (Å²) in [6.07, 6.45) is -3.82. The summed E-state index contributed by atoms with van der Waals surface area (Å²) >= 11 is 0. The fourth-order valence-corrected chi connectivity index (χ4v) is 1.51. The van der Waals surface area contributed by atoms with E-state index in [1.54, 1.807) is 12.1 Å². The number of benzene rings is 1. The second-order valence-electron chi connectivity index (χ2n) is 4.54. The van der Waals surface area contributed by atoms with E-state index in [0.717, 1.165) is 5.56 Å². The summed E-state index contributed by atoms with van der Waals surface area (Å²) in [7, 11) is 0. The molecule has 0 aromatic heterocycles. The minimum Gasteiger partial charge on any atom is -0.406 e. The molecule has 0 radical (unpaired) electrons. The van der Waals surface area contributed by atoms with Crippen LogP contribution in [0.15, 0.2) is 24.3 Å². The number of aryl methyl sites for hydroxylation is 1. The highest BCUT2D eigenvalue weighted by molar-refractivity contribution is 5.27. The van der Waals surface area contributed by atoms with E-state index >= 15 is 0 Å². The van der Waals surface area contributed by atoms with Crippen LogP contribution in [0.2, 0.25) is 0 Å². The van der Waals surface area contributed by atoms with E-state index in [9.17, 15) is 18.3 Å². The molecule has 0 saturated carbocycles. The fourth-order valence-electron chi connectivity index (χ4n) is 1.51. The number of halogens is 3. The van der Waals surface area contributed by atoms with Crippen LogP contribution in [-0.4, -0.2) is 17.6 Å². The summed E-state index contributed by atoms with van der Waals surface area (Å²) in [4.78, 5) is 0. The van der Waals surface area contributed by atoms with Gasteiger partial charge in [0, 0.05) is 0 Å². The van der Waals surface area contributed by atoms with Gasteiger partial charge < -0.3 is 9.84 Å². The van der Waals surface area contributed by atoms with Crippen LogP contribution in [0.5, 0.6) is 5.75 Å². The van der Waals surface area contributed by atoms with E-state index in [0.29, 0.717) is 12.8 Å². The molecule has 0 amide bonds. The summed E-state index contributed by atoms with van der Waals surface area (Å²) in [6, 6.07) is 5.72. The van der Waals surface area contributed by atoms with Gasteiger partial charge in [0.2, 0.25) is 0 Å². The smallest absolute Gasteiger partial charge is 0.406 e. The lowest BCUT2D eigenvalue weighted by molar-refractivity contribution is -0.274. The number of alkyl halides is 3. The van der Waals surface area contributed by atoms with E-state index in [1.165, 1.54) is 12.1 Å². The van der Waals surface area contributed by atoms with Crippen molar-refractivity contribution in [2.24, 2.45) is 5.92 Å². The molecule has 1 aromatic rings. The second-order valence-corrected chi connectivity index (χ2v) is 4.54. The Morgan fingerprint density at radius 3 is 2.17 bits per heavy atom. The van der Waals surface area contributed by atoms with E-state index in [1.807, 2.05) is 13.8 Å². The molecule has 0 aliphatic carbocycles. The molecular weight excluding hydrogens is 245 g/mol. The van der Waals surface area contributed by atoms with Gasteiger partial charge in [-0.3, -0.25) is 0 Å². The van der Waals surface area contributed by atoms with Crippen molar-refractivity contribution >= 4 is 0 Å². The largest absolute Gasteiger partial charge is 0.573 e. The molecule has 0 bridgehead atoms.